The van der Waals surface area contributed by atoms with Crippen molar-refractivity contribution in [1.82, 2.24) is 4.98 Å². The first kappa shape index (κ1) is 15.1. The molecule has 0 atom stereocenters. The van der Waals surface area contributed by atoms with Crippen LogP contribution in [-0.4, -0.2) is 25.1 Å². The smallest absolute Gasteiger partial charge is 0.337 e. The van der Waals surface area contributed by atoms with Gasteiger partial charge in [-0.3, -0.25) is 0 Å². The standard InChI is InChI=1S/C15H16ClN3O2/c1-19(14-13(16)7-12(17)8-18-14)9-10-3-5-11(6-4-10)15(20)21-2/h3-8H,9,17H2,1-2H3. The van der Waals surface area contributed by atoms with E-state index < -0.39 is 0 Å². The zero-order chi connectivity index (χ0) is 15.4. The predicted octanol–water partition coefficient (Wildman–Crippen LogP) is 2.74. The minimum Gasteiger partial charge on any atom is -0.465 e. The molecule has 2 N–H and O–H groups in total. The summed E-state index contributed by atoms with van der Waals surface area (Å²) in [7, 11) is 3.25. The summed E-state index contributed by atoms with van der Waals surface area (Å²) < 4.78 is 4.66. The van der Waals surface area contributed by atoms with E-state index >= 15 is 0 Å². The number of ether oxygens (including phenoxy) is 1. The van der Waals surface area contributed by atoms with E-state index in [-0.39, 0.29) is 5.97 Å². The molecule has 21 heavy (non-hydrogen) atoms. The number of anilines is 2. The number of hydrogen-bond acceptors (Lipinski definition) is 5. The summed E-state index contributed by atoms with van der Waals surface area (Å²) in [5.41, 5.74) is 7.71. The van der Waals surface area contributed by atoms with Gasteiger partial charge in [-0.15, -0.1) is 0 Å². The third-order valence-electron chi connectivity index (χ3n) is 3.00. The Kier molecular flexibility index (Phi) is 4.65. The molecule has 1 aromatic carbocycles. The number of halogens is 1. The molecular weight excluding hydrogens is 290 g/mol. The van der Waals surface area contributed by atoms with Gasteiger partial charge in [0.15, 0.2) is 0 Å². The Labute approximate surface area is 128 Å². The number of aromatic nitrogens is 1. The van der Waals surface area contributed by atoms with Gasteiger partial charge in [-0.25, -0.2) is 9.78 Å². The fourth-order valence-corrected chi connectivity index (χ4v) is 2.26. The summed E-state index contributed by atoms with van der Waals surface area (Å²) in [5.74, 6) is 0.307. The zero-order valence-corrected chi connectivity index (χ0v) is 12.6. The van der Waals surface area contributed by atoms with Crippen LogP contribution in [0.5, 0.6) is 0 Å². The summed E-state index contributed by atoms with van der Waals surface area (Å²) >= 11 is 6.13. The molecule has 0 aliphatic rings. The largest absolute Gasteiger partial charge is 0.465 e. The maximum atomic E-state index is 11.4. The van der Waals surface area contributed by atoms with E-state index in [9.17, 15) is 4.79 Å². The predicted molar refractivity (Wildman–Crippen MR) is 83.5 cm³/mol. The third kappa shape index (κ3) is 3.64. The Morgan fingerprint density at radius 1 is 1.38 bits per heavy atom. The number of hydrogen-bond donors (Lipinski definition) is 1. The van der Waals surface area contributed by atoms with Gasteiger partial charge in [-0.05, 0) is 23.8 Å². The van der Waals surface area contributed by atoms with Gasteiger partial charge >= 0.3 is 5.97 Å². The van der Waals surface area contributed by atoms with Crippen molar-refractivity contribution in [2.24, 2.45) is 0 Å². The highest BCUT2D eigenvalue weighted by molar-refractivity contribution is 6.33. The summed E-state index contributed by atoms with van der Waals surface area (Å²) in [4.78, 5) is 17.5. The molecule has 0 saturated carbocycles. The van der Waals surface area contributed by atoms with Gasteiger partial charge in [0.1, 0.15) is 5.82 Å². The van der Waals surface area contributed by atoms with Gasteiger partial charge in [0, 0.05) is 13.6 Å². The first-order chi connectivity index (χ1) is 10.0. The van der Waals surface area contributed by atoms with Crippen molar-refractivity contribution < 1.29 is 9.53 Å². The van der Waals surface area contributed by atoms with E-state index in [1.54, 1.807) is 24.4 Å². The average Bonchev–Trinajstić information content (AvgIpc) is 2.47. The Balaban J connectivity index is 2.12. The average molecular weight is 306 g/mol. The number of nitrogens with two attached hydrogens (primary N) is 1. The molecule has 110 valence electrons. The lowest BCUT2D eigenvalue weighted by Crippen LogP contribution is -2.18. The van der Waals surface area contributed by atoms with Crippen LogP contribution in [0.1, 0.15) is 15.9 Å². The summed E-state index contributed by atoms with van der Waals surface area (Å²) in [6.07, 6.45) is 1.57. The second-order valence-electron chi connectivity index (χ2n) is 4.62. The van der Waals surface area contributed by atoms with E-state index in [4.69, 9.17) is 17.3 Å². The fraction of sp³-hybridized carbons (Fsp3) is 0.200. The molecule has 5 nitrogen and oxygen atoms in total. The number of methoxy groups -OCH3 is 1. The van der Waals surface area contributed by atoms with E-state index in [0.29, 0.717) is 28.6 Å². The van der Waals surface area contributed by atoms with Crippen molar-refractivity contribution >= 4 is 29.1 Å². The van der Waals surface area contributed by atoms with Crippen LogP contribution in [0.2, 0.25) is 5.02 Å². The molecule has 1 heterocycles. The first-order valence-electron chi connectivity index (χ1n) is 6.30. The normalized spacial score (nSPS) is 10.2. The number of esters is 1. The maximum Gasteiger partial charge on any atom is 0.337 e. The minimum atomic E-state index is -0.349. The Bertz CT molecular complexity index is 644. The molecule has 6 heteroatoms. The second-order valence-corrected chi connectivity index (χ2v) is 5.03. The lowest BCUT2D eigenvalue weighted by atomic mass is 10.1. The number of benzene rings is 1. The Morgan fingerprint density at radius 3 is 2.62 bits per heavy atom. The van der Waals surface area contributed by atoms with Crippen molar-refractivity contribution in [3.8, 4) is 0 Å². The van der Waals surface area contributed by atoms with Crippen LogP contribution < -0.4 is 10.6 Å². The first-order valence-corrected chi connectivity index (χ1v) is 6.68. The Hall–Kier alpha value is -2.27. The zero-order valence-electron chi connectivity index (χ0n) is 11.8. The van der Waals surface area contributed by atoms with Crippen molar-refractivity contribution in [2.75, 3.05) is 24.8 Å². The van der Waals surface area contributed by atoms with Crippen LogP contribution in [-0.2, 0) is 11.3 Å². The number of nitrogens with zero attached hydrogens (tertiary/aromatic N) is 2. The van der Waals surface area contributed by atoms with Crippen molar-refractivity contribution in [1.29, 1.82) is 0 Å². The van der Waals surface area contributed by atoms with Crippen LogP contribution in [0.15, 0.2) is 36.5 Å². The quantitative estimate of drug-likeness (QED) is 0.880. The van der Waals surface area contributed by atoms with Gasteiger partial charge in [0.05, 0.1) is 29.6 Å². The SMILES string of the molecule is COC(=O)c1ccc(CN(C)c2ncc(N)cc2Cl)cc1. The van der Waals surface area contributed by atoms with Crippen LogP contribution in [0, 0.1) is 0 Å². The molecule has 0 spiro atoms. The molecule has 0 unspecified atom stereocenters. The van der Waals surface area contributed by atoms with Crippen LogP contribution in [0.4, 0.5) is 11.5 Å². The molecule has 2 rings (SSSR count). The van der Waals surface area contributed by atoms with Crippen LogP contribution >= 0.6 is 11.6 Å². The van der Waals surface area contributed by atoms with E-state index in [2.05, 4.69) is 9.72 Å². The van der Waals surface area contributed by atoms with Gasteiger partial charge in [-0.1, -0.05) is 23.7 Å². The molecule has 0 saturated heterocycles. The molecular formula is C15H16ClN3O2. The second kappa shape index (κ2) is 6.45. The van der Waals surface area contributed by atoms with Gasteiger partial charge in [-0.2, -0.15) is 0 Å². The lowest BCUT2D eigenvalue weighted by Gasteiger charge is -2.19. The monoisotopic (exact) mass is 305 g/mol. The molecule has 0 bridgehead atoms. The molecule has 2 aromatic rings. The lowest BCUT2D eigenvalue weighted by molar-refractivity contribution is 0.0600. The van der Waals surface area contributed by atoms with Crippen molar-refractivity contribution in [3.63, 3.8) is 0 Å². The van der Waals surface area contributed by atoms with E-state index in [0.717, 1.165) is 5.56 Å². The fourth-order valence-electron chi connectivity index (χ4n) is 1.94. The summed E-state index contributed by atoms with van der Waals surface area (Å²) in [5, 5.41) is 0.503. The molecule has 0 radical (unpaired) electrons. The minimum absolute atomic E-state index is 0.349. The van der Waals surface area contributed by atoms with E-state index in [1.807, 2.05) is 24.1 Å². The number of rotatable bonds is 4. The van der Waals surface area contributed by atoms with Crippen molar-refractivity contribution in [2.45, 2.75) is 6.54 Å². The molecule has 1 aromatic heterocycles. The molecule has 0 fully saturated rings. The molecule has 0 amide bonds. The Morgan fingerprint density at radius 2 is 2.05 bits per heavy atom. The summed E-state index contributed by atoms with van der Waals surface area (Å²) in [6, 6.07) is 8.86. The van der Waals surface area contributed by atoms with Crippen LogP contribution in [0.3, 0.4) is 0 Å². The topological polar surface area (TPSA) is 68.5 Å². The number of carbonyl (C=O) groups excluding carboxylic acids is 1. The highest BCUT2D eigenvalue weighted by Gasteiger charge is 2.10. The number of nitrogen functional groups attached to an aromatic ring is 1. The van der Waals surface area contributed by atoms with Gasteiger partial charge in [0.2, 0.25) is 0 Å². The molecule has 0 aliphatic heterocycles. The third-order valence-corrected chi connectivity index (χ3v) is 3.28. The van der Waals surface area contributed by atoms with E-state index in [1.165, 1.54) is 7.11 Å². The highest BCUT2D eigenvalue weighted by Crippen LogP contribution is 2.25. The van der Waals surface area contributed by atoms with Crippen LogP contribution in [0.25, 0.3) is 0 Å². The number of pyridine rings is 1. The highest BCUT2D eigenvalue weighted by atomic mass is 35.5. The van der Waals surface area contributed by atoms with Gasteiger partial charge in [0.25, 0.3) is 0 Å². The summed E-state index contributed by atoms with van der Waals surface area (Å²) in [6.45, 7) is 0.609. The van der Waals surface area contributed by atoms with Gasteiger partial charge < -0.3 is 15.4 Å². The number of carbonyl (C=O) groups is 1. The maximum absolute atomic E-state index is 11.4. The molecule has 0 aliphatic carbocycles. The van der Waals surface area contributed by atoms with Crippen molar-refractivity contribution in [3.05, 3.63) is 52.7 Å².